The van der Waals surface area contributed by atoms with Gasteiger partial charge in [-0.3, -0.25) is 9.69 Å². The third kappa shape index (κ3) is 3.71. The van der Waals surface area contributed by atoms with Crippen LogP contribution < -0.4 is 9.64 Å². The number of hydrogen-bond acceptors (Lipinski definition) is 3. The van der Waals surface area contributed by atoms with Gasteiger partial charge < -0.3 is 9.47 Å². The van der Waals surface area contributed by atoms with Crippen LogP contribution in [0.15, 0.2) is 24.3 Å². The van der Waals surface area contributed by atoms with Crippen molar-refractivity contribution in [3.05, 3.63) is 24.3 Å². The van der Waals surface area contributed by atoms with Crippen LogP contribution in [0.3, 0.4) is 0 Å². The van der Waals surface area contributed by atoms with Gasteiger partial charge in [0.15, 0.2) is 0 Å². The van der Waals surface area contributed by atoms with Gasteiger partial charge >= 0.3 is 6.18 Å². The molecule has 1 aliphatic heterocycles. The van der Waals surface area contributed by atoms with Crippen molar-refractivity contribution in [2.45, 2.75) is 25.6 Å². The number of carbonyl (C=O) groups is 1. The number of nitrogens with zero attached hydrogens (tertiary/aromatic N) is 1. The summed E-state index contributed by atoms with van der Waals surface area (Å²) in [6, 6.07) is 6.15. The summed E-state index contributed by atoms with van der Waals surface area (Å²) in [6.45, 7) is 0.797. The van der Waals surface area contributed by atoms with Crippen LogP contribution in [0, 0.1) is 5.92 Å². The molecule has 1 heterocycles. The number of rotatable bonds is 4. The number of amides is 1. The Morgan fingerprint density at radius 3 is 2.64 bits per heavy atom. The van der Waals surface area contributed by atoms with Gasteiger partial charge in [-0.15, -0.1) is 0 Å². The molecule has 1 aliphatic rings. The Labute approximate surface area is 126 Å². The molecule has 7 heteroatoms. The first-order chi connectivity index (χ1) is 10.3. The topological polar surface area (TPSA) is 38.8 Å². The van der Waals surface area contributed by atoms with E-state index in [0.29, 0.717) is 17.9 Å². The molecule has 0 aromatic heterocycles. The highest BCUT2D eigenvalue weighted by Gasteiger charge is 2.40. The van der Waals surface area contributed by atoms with E-state index in [0.717, 1.165) is 0 Å². The second kappa shape index (κ2) is 6.56. The number of ether oxygens (including phenoxy) is 2. The van der Waals surface area contributed by atoms with Gasteiger partial charge in [-0.1, -0.05) is 19.1 Å². The van der Waals surface area contributed by atoms with Crippen molar-refractivity contribution >= 4 is 11.6 Å². The third-order valence-electron chi connectivity index (χ3n) is 3.61. The number of carbonyl (C=O) groups excluding carboxylic acids is 1. The maximum absolute atomic E-state index is 12.9. The molecule has 122 valence electrons. The zero-order chi connectivity index (χ0) is 16.3. The second-order valence-corrected chi connectivity index (χ2v) is 5.27. The molecule has 1 aromatic rings. The Morgan fingerprint density at radius 2 is 2.09 bits per heavy atom. The fourth-order valence-corrected chi connectivity index (χ4v) is 2.48. The summed E-state index contributed by atoms with van der Waals surface area (Å²) in [6.07, 6.45) is -4.71. The molecule has 1 aromatic carbocycles. The van der Waals surface area contributed by atoms with Crippen LogP contribution >= 0.6 is 0 Å². The average molecular weight is 317 g/mol. The quantitative estimate of drug-likeness (QED) is 0.857. The van der Waals surface area contributed by atoms with Gasteiger partial charge in [-0.2, -0.15) is 13.2 Å². The normalized spacial score (nSPS) is 21.7. The standard InChI is InChI=1S/C15H18F3NO3/c1-10-7-8-22-13(10)14(20)19(9-15(16,17)18)11-5-3-4-6-12(11)21-2/h3-6,10,13H,7-9H2,1-2H3/t10-,13+/m1/s1. The summed E-state index contributed by atoms with van der Waals surface area (Å²) >= 11 is 0. The molecule has 2 rings (SSSR count). The van der Waals surface area contributed by atoms with E-state index in [1.807, 2.05) is 0 Å². The monoisotopic (exact) mass is 317 g/mol. The number of halogens is 3. The molecule has 0 N–H and O–H groups in total. The Hall–Kier alpha value is -1.76. The lowest BCUT2D eigenvalue weighted by atomic mass is 10.0. The Morgan fingerprint density at radius 1 is 1.41 bits per heavy atom. The zero-order valence-corrected chi connectivity index (χ0v) is 12.4. The van der Waals surface area contributed by atoms with Gasteiger partial charge in [-0.25, -0.2) is 0 Å². The molecule has 0 spiro atoms. The Kier molecular flexibility index (Phi) is 4.95. The summed E-state index contributed by atoms with van der Waals surface area (Å²) in [7, 11) is 1.35. The molecule has 1 fully saturated rings. The smallest absolute Gasteiger partial charge is 0.406 e. The molecule has 0 bridgehead atoms. The van der Waals surface area contributed by atoms with E-state index in [4.69, 9.17) is 9.47 Å². The highest BCUT2D eigenvalue weighted by molar-refractivity contribution is 5.98. The second-order valence-electron chi connectivity index (χ2n) is 5.27. The maximum atomic E-state index is 12.9. The summed E-state index contributed by atoms with van der Waals surface area (Å²) in [5.74, 6) is -0.587. The molecule has 0 aliphatic carbocycles. The Bertz CT molecular complexity index is 533. The molecule has 0 radical (unpaired) electrons. The van der Waals surface area contributed by atoms with Crippen molar-refractivity contribution < 1.29 is 27.4 Å². The molecular formula is C15H18F3NO3. The van der Waals surface area contributed by atoms with Gasteiger partial charge in [-0.05, 0) is 24.5 Å². The minimum Gasteiger partial charge on any atom is -0.495 e. The first kappa shape index (κ1) is 16.6. The molecule has 0 unspecified atom stereocenters. The van der Waals surface area contributed by atoms with Gasteiger partial charge in [0.2, 0.25) is 0 Å². The van der Waals surface area contributed by atoms with Crippen LogP contribution in [0.4, 0.5) is 18.9 Å². The van der Waals surface area contributed by atoms with E-state index in [9.17, 15) is 18.0 Å². The van der Waals surface area contributed by atoms with E-state index in [2.05, 4.69) is 0 Å². The van der Waals surface area contributed by atoms with Crippen molar-refractivity contribution in [2.24, 2.45) is 5.92 Å². The minimum absolute atomic E-state index is 0.0926. The number of benzene rings is 1. The third-order valence-corrected chi connectivity index (χ3v) is 3.61. The molecule has 22 heavy (non-hydrogen) atoms. The number of alkyl halides is 3. The van der Waals surface area contributed by atoms with E-state index >= 15 is 0 Å². The predicted molar refractivity (Wildman–Crippen MR) is 74.9 cm³/mol. The lowest BCUT2D eigenvalue weighted by Gasteiger charge is -2.28. The van der Waals surface area contributed by atoms with Gasteiger partial charge in [0, 0.05) is 6.61 Å². The van der Waals surface area contributed by atoms with E-state index < -0.39 is 24.7 Å². The largest absolute Gasteiger partial charge is 0.495 e. The fraction of sp³-hybridized carbons (Fsp3) is 0.533. The fourth-order valence-electron chi connectivity index (χ4n) is 2.48. The van der Waals surface area contributed by atoms with Crippen LogP contribution in [0.1, 0.15) is 13.3 Å². The van der Waals surface area contributed by atoms with Crippen LogP contribution in [-0.2, 0) is 9.53 Å². The highest BCUT2D eigenvalue weighted by atomic mass is 19.4. The van der Waals surface area contributed by atoms with E-state index in [1.54, 1.807) is 19.1 Å². The van der Waals surface area contributed by atoms with Crippen molar-refractivity contribution in [3.63, 3.8) is 0 Å². The van der Waals surface area contributed by atoms with Crippen molar-refractivity contribution in [3.8, 4) is 5.75 Å². The predicted octanol–water partition coefficient (Wildman–Crippen LogP) is 3.02. The molecule has 0 saturated carbocycles. The van der Waals surface area contributed by atoms with Gasteiger partial charge in [0.1, 0.15) is 18.4 Å². The maximum Gasteiger partial charge on any atom is 0.406 e. The average Bonchev–Trinajstić information content (AvgIpc) is 2.89. The number of para-hydroxylation sites is 2. The first-order valence-corrected chi connectivity index (χ1v) is 6.96. The first-order valence-electron chi connectivity index (χ1n) is 6.96. The number of methoxy groups -OCH3 is 1. The molecule has 2 atom stereocenters. The van der Waals surface area contributed by atoms with Gasteiger partial charge in [0.25, 0.3) is 5.91 Å². The minimum atomic E-state index is -4.52. The molecular weight excluding hydrogens is 299 g/mol. The summed E-state index contributed by atoms with van der Waals surface area (Å²) in [5, 5.41) is 0. The summed E-state index contributed by atoms with van der Waals surface area (Å²) in [4.78, 5) is 13.2. The van der Waals surface area contributed by atoms with Crippen LogP contribution in [-0.4, -0.2) is 38.4 Å². The van der Waals surface area contributed by atoms with Crippen LogP contribution in [0.5, 0.6) is 5.75 Å². The van der Waals surface area contributed by atoms with Crippen molar-refractivity contribution in [2.75, 3.05) is 25.2 Å². The van der Waals surface area contributed by atoms with E-state index in [1.165, 1.54) is 19.2 Å². The number of hydrogen-bond donors (Lipinski definition) is 0. The molecule has 4 nitrogen and oxygen atoms in total. The SMILES string of the molecule is COc1ccccc1N(CC(F)(F)F)C(=O)[C@H]1OCC[C@H]1C. The van der Waals surface area contributed by atoms with Crippen molar-refractivity contribution in [1.29, 1.82) is 0 Å². The zero-order valence-electron chi connectivity index (χ0n) is 12.4. The van der Waals surface area contributed by atoms with E-state index in [-0.39, 0.29) is 17.4 Å². The lowest BCUT2D eigenvalue weighted by molar-refractivity contribution is -0.139. The lowest BCUT2D eigenvalue weighted by Crippen LogP contribution is -2.46. The van der Waals surface area contributed by atoms with Crippen LogP contribution in [0.2, 0.25) is 0 Å². The molecule has 1 amide bonds. The van der Waals surface area contributed by atoms with Crippen LogP contribution in [0.25, 0.3) is 0 Å². The summed E-state index contributed by atoms with van der Waals surface area (Å²) < 4.78 is 49.1. The van der Waals surface area contributed by atoms with Crippen molar-refractivity contribution in [1.82, 2.24) is 0 Å². The Balaban J connectivity index is 2.36. The molecule has 1 saturated heterocycles. The highest BCUT2D eigenvalue weighted by Crippen LogP contribution is 2.33. The van der Waals surface area contributed by atoms with Gasteiger partial charge in [0.05, 0.1) is 12.8 Å². The summed E-state index contributed by atoms with van der Waals surface area (Å²) in [5.41, 5.74) is 0.0926. The number of anilines is 1.